The number of nitrogens with one attached hydrogen (secondary N) is 1. The van der Waals surface area contributed by atoms with Crippen LogP contribution >= 0.6 is 0 Å². The van der Waals surface area contributed by atoms with Gasteiger partial charge < -0.3 is 5.32 Å². The molecular weight excluding hydrogens is 262 g/mol. The van der Waals surface area contributed by atoms with Crippen LogP contribution in [0.15, 0.2) is 40.3 Å². The lowest BCUT2D eigenvalue weighted by molar-refractivity contribution is -0.108. The first kappa shape index (κ1) is 15.4. The van der Waals surface area contributed by atoms with E-state index in [0.717, 1.165) is 0 Å². The molecule has 1 aromatic rings. The smallest absolute Gasteiger partial charge is 0.221 e. The predicted molar refractivity (Wildman–Crippen MR) is 75.1 cm³/mol. The van der Waals surface area contributed by atoms with Crippen LogP contribution in [-0.4, -0.2) is 14.8 Å². The second kappa shape index (κ2) is 5.57. The SMILES string of the molecule is Cc1ccccc1S(=O)(=O)C(=CC(C)(C)C)NC=O. The Labute approximate surface area is 114 Å². The Bertz CT molecular complexity index is 595. The topological polar surface area (TPSA) is 63.2 Å². The van der Waals surface area contributed by atoms with Crippen LogP contribution in [0.2, 0.25) is 0 Å². The van der Waals surface area contributed by atoms with E-state index >= 15 is 0 Å². The van der Waals surface area contributed by atoms with Crippen LogP contribution < -0.4 is 5.32 Å². The zero-order valence-electron chi connectivity index (χ0n) is 11.6. The van der Waals surface area contributed by atoms with Gasteiger partial charge in [-0.25, -0.2) is 8.42 Å². The second-order valence-electron chi connectivity index (χ2n) is 5.41. The maximum atomic E-state index is 12.5. The molecule has 0 aliphatic rings. The molecule has 0 atom stereocenters. The first-order valence-electron chi connectivity index (χ1n) is 5.92. The lowest BCUT2D eigenvalue weighted by Crippen LogP contribution is -2.22. The highest BCUT2D eigenvalue weighted by Crippen LogP contribution is 2.25. The Morgan fingerprint density at radius 3 is 2.26 bits per heavy atom. The lowest BCUT2D eigenvalue weighted by atomic mass is 9.97. The average Bonchev–Trinajstić information content (AvgIpc) is 2.27. The van der Waals surface area contributed by atoms with Crippen LogP contribution in [0.5, 0.6) is 0 Å². The normalized spacial score (nSPS) is 13.2. The number of rotatable bonds is 4. The van der Waals surface area contributed by atoms with Crippen LogP contribution in [0.4, 0.5) is 0 Å². The number of carbonyl (C=O) groups is 1. The Kier molecular flexibility index (Phi) is 4.52. The van der Waals surface area contributed by atoms with Crippen LogP contribution in [0.3, 0.4) is 0 Å². The van der Waals surface area contributed by atoms with Gasteiger partial charge in [-0.3, -0.25) is 4.79 Å². The summed E-state index contributed by atoms with van der Waals surface area (Å²) in [5.41, 5.74) is 0.288. The third-order valence-corrected chi connectivity index (χ3v) is 4.29. The fourth-order valence-electron chi connectivity index (χ4n) is 1.62. The quantitative estimate of drug-likeness (QED) is 0.862. The van der Waals surface area contributed by atoms with E-state index in [1.165, 1.54) is 6.07 Å². The van der Waals surface area contributed by atoms with Gasteiger partial charge in [0.15, 0.2) is 0 Å². The van der Waals surface area contributed by atoms with Gasteiger partial charge in [0.05, 0.1) is 4.90 Å². The van der Waals surface area contributed by atoms with Crippen LogP contribution in [0.25, 0.3) is 0 Å². The Morgan fingerprint density at radius 1 is 1.21 bits per heavy atom. The summed E-state index contributed by atoms with van der Waals surface area (Å²) in [5.74, 6) is 0. The van der Waals surface area contributed by atoms with Crippen LogP contribution in [-0.2, 0) is 14.6 Å². The summed E-state index contributed by atoms with van der Waals surface area (Å²) in [6.07, 6.45) is 1.93. The molecule has 19 heavy (non-hydrogen) atoms. The summed E-state index contributed by atoms with van der Waals surface area (Å²) in [5, 5.41) is 2.22. The van der Waals surface area contributed by atoms with Gasteiger partial charge >= 0.3 is 0 Å². The minimum absolute atomic E-state index is 0.0794. The van der Waals surface area contributed by atoms with E-state index in [0.29, 0.717) is 12.0 Å². The molecule has 1 aromatic carbocycles. The number of hydrogen-bond donors (Lipinski definition) is 1. The van der Waals surface area contributed by atoms with E-state index in [1.54, 1.807) is 31.2 Å². The zero-order valence-corrected chi connectivity index (χ0v) is 12.4. The fourth-order valence-corrected chi connectivity index (χ4v) is 3.32. The molecule has 0 aliphatic heterocycles. The summed E-state index contributed by atoms with van der Waals surface area (Å²) in [7, 11) is -3.71. The van der Waals surface area contributed by atoms with Gasteiger partial charge in [-0.2, -0.15) is 0 Å². The zero-order chi connectivity index (χ0) is 14.7. The summed E-state index contributed by atoms with van der Waals surface area (Å²) in [6, 6.07) is 6.69. The minimum atomic E-state index is -3.71. The van der Waals surface area contributed by atoms with Crippen LogP contribution in [0.1, 0.15) is 26.3 Å². The Hall–Kier alpha value is -1.62. The highest BCUT2D eigenvalue weighted by molar-refractivity contribution is 7.95. The molecule has 1 N–H and O–H groups in total. The van der Waals surface area contributed by atoms with Crippen molar-refractivity contribution in [2.75, 3.05) is 0 Å². The van der Waals surface area contributed by atoms with Gasteiger partial charge in [-0.1, -0.05) is 39.0 Å². The van der Waals surface area contributed by atoms with Gasteiger partial charge in [-0.15, -0.1) is 0 Å². The Balaban J connectivity index is 3.42. The molecule has 5 heteroatoms. The van der Waals surface area contributed by atoms with Gasteiger partial charge in [0.25, 0.3) is 0 Å². The molecule has 104 valence electrons. The fraction of sp³-hybridized carbons (Fsp3) is 0.357. The van der Waals surface area contributed by atoms with Crippen LogP contribution in [0, 0.1) is 12.3 Å². The number of aryl methyl sites for hydroxylation is 1. The second-order valence-corrected chi connectivity index (χ2v) is 7.29. The highest BCUT2D eigenvalue weighted by atomic mass is 32.2. The number of allylic oxidation sites excluding steroid dienone is 1. The molecule has 0 saturated carbocycles. The predicted octanol–water partition coefficient (Wildman–Crippen LogP) is 2.40. The Morgan fingerprint density at radius 2 is 1.79 bits per heavy atom. The number of sulfone groups is 1. The van der Waals surface area contributed by atoms with E-state index in [4.69, 9.17) is 0 Å². The molecule has 0 fully saturated rings. The number of carbonyl (C=O) groups excluding carboxylic acids is 1. The standard InChI is InChI=1S/C14H19NO3S/c1-11-7-5-6-8-12(11)19(17,18)13(15-10-16)9-14(2,3)4/h5-10H,1-4H3,(H,15,16). The average molecular weight is 281 g/mol. The van der Waals surface area contributed by atoms with Crippen molar-refractivity contribution in [1.82, 2.24) is 5.32 Å². The van der Waals surface area contributed by atoms with Crippen molar-refractivity contribution in [3.05, 3.63) is 40.9 Å². The molecule has 1 amide bonds. The van der Waals surface area contributed by atoms with Crippen molar-refractivity contribution in [1.29, 1.82) is 0 Å². The van der Waals surface area contributed by atoms with Gasteiger partial charge in [0.2, 0.25) is 16.2 Å². The van der Waals surface area contributed by atoms with E-state index < -0.39 is 9.84 Å². The highest BCUT2D eigenvalue weighted by Gasteiger charge is 2.24. The van der Waals surface area contributed by atoms with Gasteiger partial charge in [0, 0.05) is 0 Å². The molecular formula is C14H19NO3S. The van der Waals surface area contributed by atoms with Gasteiger partial charge in [-0.05, 0) is 30.0 Å². The van der Waals surface area contributed by atoms with E-state index in [2.05, 4.69) is 5.32 Å². The van der Waals surface area contributed by atoms with E-state index in [1.807, 2.05) is 20.8 Å². The molecule has 0 bridgehead atoms. The monoisotopic (exact) mass is 281 g/mol. The van der Waals surface area contributed by atoms with Crippen molar-refractivity contribution in [3.8, 4) is 0 Å². The molecule has 0 spiro atoms. The number of amides is 1. The summed E-state index contributed by atoms with van der Waals surface area (Å²) < 4.78 is 25.1. The molecule has 0 saturated heterocycles. The van der Waals surface area contributed by atoms with Crippen molar-refractivity contribution in [3.63, 3.8) is 0 Å². The first-order valence-corrected chi connectivity index (χ1v) is 7.40. The molecule has 4 nitrogen and oxygen atoms in total. The largest absolute Gasteiger partial charge is 0.319 e. The molecule has 0 unspecified atom stereocenters. The van der Waals surface area contributed by atoms with Crippen molar-refractivity contribution in [2.45, 2.75) is 32.6 Å². The number of hydrogen-bond acceptors (Lipinski definition) is 3. The maximum absolute atomic E-state index is 12.5. The van der Waals surface area contributed by atoms with Crippen molar-refractivity contribution in [2.24, 2.45) is 5.41 Å². The minimum Gasteiger partial charge on any atom is -0.319 e. The molecule has 0 aromatic heterocycles. The third-order valence-electron chi connectivity index (χ3n) is 2.44. The molecule has 0 heterocycles. The molecule has 0 radical (unpaired) electrons. The molecule has 1 rings (SSSR count). The van der Waals surface area contributed by atoms with Gasteiger partial charge in [0.1, 0.15) is 5.03 Å². The van der Waals surface area contributed by atoms with E-state index in [-0.39, 0.29) is 15.3 Å². The number of benzene rings is 1. The maximum Gasteiger partial charge on any atom is 0.221 e. The van der Waals surface area contributed by atoms with Crippen molar-refractivity contribution < 1.29 is 13.2 Å². The third kappa shape index (κ3) is 3.92. The first-order chi connectivity index (χ1) is 8.68. The molecule has 0 aliphatic carbocycles. The lowest BCUT2D eigenvalue weighted by Gasteiger charge is -2.17. The van der Waals surface area contributed by atoms with Crippen molar-refractivity contribution >= 4 is 16.2 Å². The summed E-state index contributed by atoms with van der Waals surface area (Å²) >= 11 is 0. The summed E-state index contributed by atoms with van der Waals surface area (Å²) in [4.78, 5) is 10.9. The summed E-state index contributed by atoms with van der Waals surface area (Å²) in [6.45, 7) is 7.33. The van der Waals surface area contributed by atoms with E-state index in [9.17, 15) is 13.2 Å².